The number of methoxy groups -OCH3 is 1. The highest BCUT2D eigenvalue weighted by Crippen LogP contribution is 2.16. The molecule has 27 heavy (non-hydrogen) atoms. The second kappa shape index (κ2) is 10.1. The van der Waals surface area contributed by atoms with Crippen molar-refractivity contribution in [3.05, 3.63) is 71.8 Å². The van der Waals surface area contributed by atoms with Crippen LogP contribution in [0.5, 0.6) is 0 Å². The molecule has 1 saturated heterocycles. The first-order valence-corrected chi connectivity index (χ1v) is 9.63. The van der Waals surface area contributed by atoms with Gasteiger partial charge in [0.15, 0.2) is 0 Å². The Balaban J connectivity index is 1.38. The molecule has 2 N–H and O–H groups in total. The topological polar surface area (TPSA) is 53.6 Å². The Bertz CT molecular complexity index is 685. The van der Waals surface area contributed by atoms with E-state index in [9.17, 15) is 4.79 Å². The Morgan fingerprint density at radius 2 is 1.70 bits per heavy atom. The van der Waals surface area contributed by atoms with Crippen molar-refractivity contribution >= 4 is 6.03 Å². The number of hydrogen-bond acceptors (Lipinski definition) is 3. The summed E-state index contributed by atoms with van der Waals surface area (Å²) in [6.45, 7) is 3.45. The predicted octanol–water partition coefficient (Wildman–Crippen LogP) is 3.34. The van der Waals surface area contributed by atoms with Crippen LogP contribution in [0.2, 0.25) is 0 Å². The number of nitrogens with zero attached hydrogens (tertiary/aromatic N) is 1. The quantitative estimate of drug-likeness (QED) is 0.789. The van der Waals surface area contributed by atoms with Crippen molar-refractivity contribution in [3.63, 3.8) is 0 Å². The summed E-state index contributed by atoms with van der Waals surface area (Å²) in [6.07, 6.45) is 1.82. The van der Waals surface area contributed by atoms with Gasteiger partial charge >= 0.3 is 6.03 Å². The first-order chi connectivity index (χ1) is 13.2. The van der Waals surface area contributed by atoms with Crippen LogP contribution in [0.1, 0.15) is 30.1 Å². The largest absolute Gasteiger partial charge is 0.375 e. The average molecular weight is 367 g/mol. The molecule has 144 valence electrons. The highest BCUT2D eigenvalue weighted by Gasteiger charge is 2.21. The SMILES string of the molecule is COC(CNC(=O)NC1CCN(Cc2ccccc2)CC1)c1ccccc1. The maximum absolute atomic E-state index is 12.2. The smallest absolute Gasteiger partial charge is 0.315 e. The minimum Gasteiger partial charge on any atom is -0.375 e. The number of amides is 2. The molecule has 0 spiro atoms. The molecule has 3 rings (SSSR count). The molecule has 1 fully saturated rings. The lowest BCUT2D eigenvalue weighted by Crippen LogP contribution is -2.48. The summed E-state index contributed by atoms with van der Waals surface area (Å²) < 4.78 is 5.50. The van der Waals surface area contributed by atoms with E-state index in [0.29, 0.717) is 6.54 Å². The van der Waals surface area contributed by atoms with Crippen molar-refractivity contribution < 1.29 is 9.53 Å². The minimum atomic E-state index is -0.135. The van der Waals surface area contributed by atoms with E-state index in [1.807, 2.05) is 36.4 Å². The summed E-state index contributed by atoms with van der Waals surface area (Å²) in [5.74, 6) is 0. The molecule has 2 aromatic carbocycles. The maximum Gasteiger partial charge on any atom is 0.315 e. The molecule has 1 atom stereocenters. The number of ether oxygens (including phenoxy) is 1. The lowest BCUT2D eigenvalue weighted by Gasteiger charge is -2.32. The van der Waals surface area contributed by atoms with Crippen LogP contribution >= 0.6 is 0 Å². The van der Waals surface area contributed by atoms with E-state index in [1.165, 1.54) is 5.56 Å². The van der Waals surface area contributed by atoms with Crippen molar-refractivity contribution in [3.8, 4) is 0 Å². The van der Waals surface area contributed by atoms with Gasteiger partial charge in [0.1, 0.15) is 0 Å². The van der Waals surface area contributed by atoms with Gasteiger partial charge in [-0.3, -0.25) is 4.90 Å². The third kappa shape index (κ3) is 6.08. The van der Waals surface area contributed by atoms with Gasteiger partial charge in [-0.1, -0.05) is 60.7 Å². The molecule has 0 radical (unpaired) electrons. The van der Waals surface area contributed by atoms with E-state index in [-0.39, 0.29) is 18.2 Å². The molecule has 1 aliphatic rings. The maximum atomic E-state index is 12.2. The number of benzene rings is 2. The van der Waals surface area contributed by atoms with Crippen molar-refractivity contribution in [2.24, 2.45) is 0 Å². The molecule has 2 amide bonds. The molecular weight excluding hydrogens is 338 g/mol. The standard InChI is InChI=1S/C22H29N3O2/c1-27-21(19-10-6-3-7-11-19)16-23-22(26)24-20-12-14-25(15-13-20)17-18-8-4-2-5-9-18/h2-11,20-21H,12-17H2,1H3,(H2,23,24,26). The Morgan fingerprint density at radius 1 is 1.07 bits per heavy atom. The van der Waals surface area contributed by atoms with Crippen molar-refractivity contribution in [2.45, 2.75) is 31.5 Å². The highest BCUT2D eigenvalue weighted by molar-refractivity contribution is 5.74. The molecule has 0 saturated carbocycles. The number of urea groups is 1. The van der Waals surface area contributed by atoms with Crippen LogP contribution in [0.15, 0.2) is 60.7 Å². The van der Waals surface area contributed by atoms with Gasteiger partial charge in [0.2, 0.25) is 0 Å². The van der Waals surface area contributed by atoms with Crippen LogP contribution < -0.4 is 10.6 Å². The number of carbonyl (C=O) groups is 1. The summed E-state index contributed by atoms with van der Waals surface area (Å²) in [5, 5.41) is 6.04. The van der Waals surface area contributed by atoms with Gasteiger partial charge in [0, 0.05) is 39.3 Å². The van der Waals surface area contributed by atoms with E-state index < -0.39 is 0 Å². The molecule has 5 nitrogen and oxygen atoms in total. The Hall–Kier alpha value is -2.37. The molecule has 0 aliphatic carbocycles. The van der Waals surface area contributed by atoms with Gasteiger partial charge in [-0.05, 0) is 24.0 Å². The van der Waals surface area contributed by atoms with Crippen LogP contribution in [-0.2, 0) is 11.3 Å². The Kier molecular flexibility index (Phi) is 7.25. The third-order valence-corrected chi connectivity index (χ3v) is 5.08. The van der Waals surface area contributed by atoms with Crippen molar-refractivity contribution in [1.29, 1.82) is 0 Å². The lowest BCUT2D eigenvalue weighted by atomic mass is 10.0. The first-order valence-electron chi connectivity index (χ1n) is 9.63. The van der Waals surface area contributed by atoms with Crippen LogP contribution in [0, 0.1) is 0 Å². The Labute approximate surface area is 161 Å². The normalized spacial score (nSPS) is 16.6. The molecule has 1 heterocycles. The minimum absolute atomic E-state index is 0.116. The van der Waals surface area contributed by atoms with E-state index in [2.05, 4.69) is 39.8 Å². The zero-order chi connectivity index (χ0) is 18.9. The van der Waals surface area contributed by atoms with E-state index in [0.717, 1.165) is 38.0 Å². The number of likely N-dealkylation sites (tertiary alicyclic amines) is 1. The zero-order valence-electron chi connectivity index (χ0n) is 15.9. The van der Waals surface area contributed by atoms with Gasteiger partial charge in [-0.2, -0.15) is 0 Å². The molecule has 0 bridgehead atoms. The van der Waals surface area contributed by atoms with Crippen LogP contribution in [0.4, 0.5) is 4.79 Å². The fourth-order valence-electron chi connectivity index (χ4n) is 3.50. The van der Waals surface area contributed by atoms with E-state index in [4.69, 9.17) is 4.74 Å². The average Bonchev–Trinajstić information content (AvgIpc) is 2.71. The van der Waals surface area contributed by atoms with Crippen LogP contribution in [-0.4, -0.2) is 43.7 Å². The summed E-state index contributed by atoms with van der Waals surface area (Å²) >= 11 is 0. The summed E-state index contributed by atoms with van der Waals surface area (Å²) in [7, 11) is 1.67. The third-order valence-electron chi connectivity index (χ3n) is 5.08. The molecule has 2 aromatic rings. The van der Waals surface area contributed by atoms with Gasteiger partial charge in [0.05, 0.1) is 6.10 Å². The van der Waals surface area contributed by atoms with Crippen molar-refractivity contribution in [1.82, 2.24) is 15.5 Å². The summed E-state index contributed by atoms with van der Waals surface area (Å²) in [4.78, 5) is 14.7. The van der Waals surface area contributed by atoms with Gasteiger partial charge in [0.25, 0.3) is 0 Å². The van der Waals surface area contributed by atoms with Gasteiger partial charge < -0.3 is 15.4 Å². The Morgan fingerprint density at radius 3 is 2.33 bits per heavy atom. The molecular formula is C22H29N3O2. The fraction of sp³-hybridized carbons (Fsp3) is 0.409. The second-order valence-corrected chi connectivity index (χ2v) is 7.03. The second-order valence-electron chi connectivity index (χ2n) is 7.03. The summed E-state index contributed by atoms with van der Waals surface area (Å²) in [5.41, 5.74) is 2.41. The monoisotopic (exact) mass is 367 g/mol. The van der Waals surface area contributed by atoms with E-state index >= 15 is 0 Å². The fourth-order valence-corrected chi connectivity index (χ4v) is 3.50. The number of piperidine rings is 1. The lowest BCUT2D eigenvalue weighted by molar-refractivity contribution is 0.103. The van der Waals surface area contributed by atoms with E-state index in [1.54, 1.807) is 7.11 Å². The number of nitrogens with one attached hydrogen (secondary N) is 2. The summed E-state index contributed by atoms with van der Waals surface area (Å²) in [6, 6.07) is 20.6. The number of hydrogen-bond donors (Lipinski definition) is 2. The van der Waals surface area contributed by atoms with Crippen molar-refractivity contribution in [2.75, 3.05) is 26.7 Å². The van der Waals surface area contributed by atoms with Crippen LogP contribution in [0.3, 0.4) is 0 Å². The number of carbonyl (C=O) groups excluding carboxylic acids is 1. The molecule has 1 unspecified atom stereocenters. The molecule has 0 aromatic heterocycles. The van der Waals surface area contributed by atoms with Crippen LogP contribution in [0.25, 0.3) is 0 Å². The zero-order valence-corrected chi connectivity index (χ0v) is 15.9. The highest BCUT2D eigenvalue weighted by atomic mass is 16.5. The first kappa shape index (κ1) is 19.4. The molecule has 1 aliphatic heterocycles. The van der Waals surface area contributed by atoms with Gasteiger partial charge in [-0.15, -0.1) is 0 Å². The molecule has 5 heteroatoms. The number of rotatable bonds is 7. The predicted molar refractivity (Wildman–Crippen MR) is 107 cm³/mol. The van der Waals surface area contributed by atoms with Gasteiger partial charge in [-0.25, -0.2) is 4.79 Å².